The molecule has 0 spiro atoms. The van der Waals surface area contributed by atoms with Crippen LogP contribution in [0.2, 0.25) is 0 Å². The lowest BCUT2D eigenvalue weighted by Crippen LogP contribution is -2.36. The van der Waals surface area contributed by atoms with Crippen molar-refractivity contribution < 1.29 is 14.3 Å². The minimum Gasteiger partial charge on any atom is -0.439 e. The number of nitrogens with zero attached hydrogens (tertiary/aromatic N) is 2. The molecule has 1 fully saturated rings. The molecule has 0 saturated carbocycles. The number of pyridine rings is 1. The summed E-state index contributed by atoms with van der Waals surface area (Å²) >= 11 is 0. The van der Waals surface area contributed by atoms with Crippen LogP contribution in [0.5, 0.6) is 0 Å². The van der Waals surface area contributed by atoms with Crippen molar-refractivity contribution >= 4 is 17.8 Å². The molecule has 0 bridgehead atoms. The number of nitrogens with one attached hydrogen (secondary N) is 1. The second-order valence-electron chi connectivity index (χ2n) is 7.31. The highest BCUT2D eigenvalue weighted by molar-refractivity contribution is 5.78. The number of amides is 2. The van der Waals surface area contributed by atoms with Crippen LogP contribution in [0, 0.1) is 11.8 Å². The van der Waals surface area contributed by atoms with E-state index in [0.29, 0.717) is 18.4 Å². The first kappa shape index (κ1) is 20.0. The van der Waals surface area contributed by atoms with Gasteiger partial charge in [-0.1, -0.05) is 19.9 Å². The molecule has 144 valence electrons. The number of nitrogens with two attached hydrogens (primary N) is 1. The van der Waals surface area contributed by atoms with Crippen LogP contribution in [-0.2, 0) is 16.0 Å². The third-order valence-corrected chi connectivity index (χ3v) is 4.56. The summed E-state index contributed by atoms with van der Waals surface area (Å²) in [7, 11) is 0. The highest BCUT2D eigenvalue weighted by Crippen LogP contribution is 2.24. The smallest absolute Gasteiger partial charge is 0.407 e. The van der Waals surface area contributed by atoms with Gasteiger partial charge in [0, 0.05) is 25.8 Å². The van der Waals surface area contributed by atoms with Gasteiger partial charge in [0.25, 0.3) is 5.91 Å². The van der Waals surface area contributed by atoms with Gasteiger partial charge in [-0.15, -0.1) is 0 Å². The van der Waals surface area contributed by atoms with Gasteiger partial charge in [0.1, 0.15) is 5.82 Å². The van der Waals surface area contributed by atoms with Gasteiger partial charge in [0.05, 0.1) is 0 Å². The Kier molecular flexibility index (Phi) is 7.69. The summed E-state index contributed by atoms with van der Waals surface area (Å²) in [5, 5.41) is 2.66. The normalized spacial score (nSPS) is 15.1. The maximum Gasteiger partial charge on any atom is 0.407 e. The summed E-state index contributed by atoms with van der Waals surface area (Å²) < 4.78 is 4.66. The molecule has 1 aliphatic rings. The highest BCUT2D eigenvalue weighted by atomic mass is 16.6. The number of alkyl carbamates (subject to hydrolysis) is 1. The molecule has 2 heterocycles. The molecule has 1 saturated heterocycles. The van der Waals surface area contributed by atoms with Gasteiger partial charge < -0.3 is 20.7 Å². The van der Waals surface area contributed by atoms with E-state index in [1.165, 1.54) is 5.56 Å². The van der Waals surface area contributed by atoms with E-state index in [9.17, 15) is 9.59 Å². The van der Waals surface area contributed by atoms with E-state index in [0.717, 1.165) is 44.6 Å². The molecule has 0 radical (unpaired) electrons. The van der Waals surface area contributed by atoms with Crippen LogP contribution in [0.25, 0.3) is 0 Å². The molecule has 2 amide bonds. The fraction of sp³-hybridized carbons (Fsp3) is 0.632. The van der Waals surface area contributed by atoms with Crippen LogP contribution in [-0.4, -0.2) is 43.2 Å². The van der Waals surface area contributed by atoms with Gasteiger partial charge in [-0.3, -0.25) is 4.79 Å². The molecule has 1 aromatic heterocycles. The van der Waals surface area contributed by atoms with Gasteiger partial charge >= 0.3 is 6.09 Å². The molecule has 7 nitrogen and oxygen atoms in total. The molecule has 0 atom stereocenters. The quantitative estimate of drug-likeness (QED) is 0.738. The van der Waals surface area contributed by atoms with Crippen LogP contribution in [0.15, 0.2) is 18.3 Å². The highest BCUT2D eigenvalue weighted by Gasteiger charge is 2.20. The lowest BCUT2D eigenvalue weighted by Gasteiger charge is -2.33. The lowest BCUT2D eigenvalue weighted by atomic mass is 9.93. The molecule has 2 rings (SSSR count). The second kappa shape index (κ2) is 9.99. The predicted octanol–water partition coefficient (Wildman–Crippen LogP) is 2.10. The summed E-state index contributed by atoms with van der Waals surface area (Å²) in [6, 6.07) is 4.30. The number of hydrogen-bond donors (Lipinski definition) is 2. The first-order valence-corrected chi connectivity index (χ1v) is 9.33. The van der Waals surface area contributed by atoms with E-state index >= 15 is 0 Å². The molecule has 26 heavy (non-hydrogen) atoms. The Morgan fingerprint density at radius 1 is 1.35 bits per heavy atom. The van der Waals surface area contributed by atoms with E-state index in [1.807, 2.05) is 6.20 Å². The maximum absolute atomic E-state index is 11.4. The Morgan fingerprint density at radius 2 is 2.08 bits per heavy atom. The Morgan fingerprint density at radius 3 is 2.65 bits per heavy atom. The second-order valence-corrected chi connectivity index (χ2v) is 7.31. The number of aromatic nitrogens is 1. The fourth-order valence-electron chi connectivity index (χ4n) is 3.21. The number of hydrogen-bond acceptors (Lipinski definition) is 5. The molecule has 0 unspecified atom stereocenters. The average Bonchev–Trinajstić information content (AvgIpc) is 2.61. The molecular formula is C19H30N4O3. The maximum atomic E-state index is 11.4. The number of carbonyl (C=O) groups is 2. The molecule has 0 aromatic carbocycles. The minimum atomic E-state index is -0.654. The van der Waals surface area contributed by atoms with Crippen LogP contribution in [0.4, 0.5) is 10.6 Å². The molecule has 3 N–H and O–H groups in total. The van der Waals surface area contributed by atoms with Gasteiger partial charge in [-0.25, -0.2) is 9.78 Å². The SMILES string of the molecule is CC(C)Cc1ccc(N2CCC(CCNC(=O)OCC(N)=O)CC2)nc1. The molecule has 0 aliphatic carbocycles. The minimum absolute atomic E-state index is 0.382. The van der Waals surface area contributed by atoms with Crippen molar-refractivity contribution in [3.8, 4) is 0 Å². The van der Waals surface area contributed by atoms with Gasteiger partial charge in [-0.2, -0.15) is 0 Å². The van der Waals surface area contributed by atoms with Crippen LogP contribution in [0.1, 0.15) is 38.7 Å². The van der Waals surface area contributed by atoms with Crippen molar-refractivity contribution in [1.29, 1.82) is 0 Å². The van der Waals surface area contributed by atoms with Gasteiger partial charge in [0.15, 0.2) is 6.61 Å². The summed E-state index contributed by atoms with van der Waals surface area (Å²) in [6.45, 7) is 6.55. The third kappa shape index (κ3) is 6.90. The van der Waals surface area contributed by atoms with E-state index in [-0.39, 0.29) is 6.61 Å². The summed E-state index contributed by atoms with van der Waals surface area (Å²) in [5.41, 5.74) is 6.21. The monoisotopic (exact) mass is 362 g/mol. The Labute approximate surface area is 155 Å². The van der Waals surface area contributed by atoms with Crippen LogP contribution in [0.3, 0.4) is 0 Å². The van der Waals surface area contributed by atoms with Crippen LogP contribution >= 0.6 is 0 Å². The zero-order valence-electron chi connectivity index (χ0n) is 15.7. The van der Waals surface area contributed by atoms with E-state index in [1.54, 1.807) is 0 Å². The molecule has 1 aromatic rings. The van der Waals surface area contributed by atoms with Gasteiger partial charge in [0.2, 0.25) is 0 Å². The Hall–Kier alpha value is -2.31. The van der Waals surface area contributed by atoms with Crippen molar-refractivity contribution in [2.75, 3.05) is 31.1 Å². The molecule has 7 heteroatoms. The molecule has 1 aliphatic heterocycles. The zero-order chi connectivity index (χ0) is 18.9. The van der Waals surface area contributed by atoms with E-state index < -0.39 is 12.0 Å². The number of primary amides is 1. The van der Waals surface area contributed by atoms with Crippen molar-refractivity contribution in [2.24, 2.45) is 17.6 Å². The number of carbonyl (C=O) groups excluding carboxylic acids is 2. The summed E-state index contributed by atoms with van der Waals surface area (Å²) in [4.78, 5) is 28.8. The topological polar surface area (TPSA) is 97.5 Å². The standard InChI is InChI=1S/C19H30N4O3/c1-14(2)11-16-3-4-18(22-12-16)23-9-6-15(7-10-23)5-8-21-19(25)26-13-17(20)24/h3-4,12,14-15H,5-11,13H2,1-2H3,(H2,20,24)(H,21,25). The summed E-state index contributed by atoms with van der Waals surface area (Å²) in [6.07, 6.45) is 5.51. The number of ether oxygens (including phenoxy) is 1. The number of anilines is 1. The molecular weight excluding hydrogens is 332 g/mol. The van der Waals surface area contributed by atoms with Crippen molar-refractivity contribution in [1.82, 2.24) is 10.3 Å². The Balaban J connectivity index is 1.67. The average molecular weight is 362 g/mol. The predicted molar refractivity (Wildman–Crippen MR) is 101 cm³/mol. The number of piperidine rings is 1. The first-order valence-electron chi connectivity index (χ1n) is 9.33. The third-order valence-electron chi connectivity index (χ3n) is 4.56. The van der Waals surface area contributed by atoms with Crippen molar-refractivity contribution in [3.63, 3.8) is 0 Å². The zero-order valence-corrected chi connectivity index (χ0v) is 15.7. The van der Waals surface area contributed by atoms with Gasteiger partial charge in [-0.05, 0) is 49.1 Å². The largest absolute Gasteiger partial charge is 0.439 e. The van der Waals surface area contributed by atoms with Crippen LogP contribution < -0.4 is 16.0 Å². The Bertz CT molecular complexity index is 581. The number of rotatable bonds is 8. The first-order chi connectivity index (χ1) is 12.4. The van der Waals surface area contributed by atoms with Crippen molar-refractivity contribution in [2.45, 2.75) is 39.5 Å². The van der Waals surface area contributed by atoms with Crippen molar-refractivity contribution in [3.05, 3.63) is 23.9 Å². The fourth-order valence-corrected chi connectivity index (χ4v) is 3.21. The van der Waals surface area contributed by atoms with E-state index in [4.69, 9.17) is 5.73 Å². The van der Waals surface area contributed by atoms with E-state index in [2.05, 4.69) is 45.9 Å². The summed E-state index contributed by atoms with van der Waals surface area (Å²) in [5.74, 6) is 1.60. The lowest BCUT2D eigenvalue weighted by molar-refractivity contribution is -0.120.